The van der Waals surface area contributed by atoms with Crippen LogP contribution in [0.25, 0.3) is 5.65 Å². The predicted molar refractivity (Wildman–Crippen MR) is 87.4 cm³/mol. The van der Waals surface area contributed by atoms with Crippen LogP contribution in [0.15, 0.2) is 36.9 Å². The van der Waals surface area contributed by atoms with Gasteiger partial charge in [-0.05, 0) is 32.3 Å². The average Bonchev–Trinajstić information content (AvgIpc) is 3.11. The molecule has 7 heteroatoms. The molecule has 0 spiro atoms. The largest absolute Gasteiger partial charge is 0.329 e. The highest BCUT2D eigenvalue weighted by atomic mass is 16.2. The van der Waals surface area contributed by atoms with Crippen LogP contribution in [-0.2, 0) is 0 Å². The number of rotatable bonds is 2. The van der Waals surface area contributed by atoms with E-state index < -0.39 is 0 Å². The quantitative estimate of drug-likeness (QED) is 0.723. The molecule has 1 atom stereocenters. The molecule has 0 unspecified atom stereocenters. The number of carbonyl (C=O) groups is 1. The standard InChI is InChI=1S/C17H18N6O/c1-12-10-13(21-16-5-6-20-23(12)16)15-4-2-3-9-22(15)17(24)14-11-18-7-8-19-14/h5-8,10-11,15H,2-4,9H2,1H3/t15-/m1/s1. The Morgan fingerprint density at radius 2 is 2.17 bits per heavy atom. The zero-order chi connectivity index (χ0) is 16.5. The van der Waals surface area contributed by atoms with Gasteiger partial charge in [0.05, 0.1) is 24.1 Å². The first-order valence-corrected chi connectivity index (χ1v) is 8.12. The Bertz CT molecular complexity index is 875. The normalized spacial score (nSPS) is 18.0. The summed E-state index contributed by atoms with van der Waals surface area (Å²) in [4.78, 5) is 27.6. The highest BCUT2D eigenvalue weighted by molar-refractivity contribution is 5.92. The maximum Gasteiger partial charge on any atom is 0.274 e. The number of fused-ring (bicyclic) bond motifs is 1. The van der Waals surface area contributed by atoms with Gasteiger partial charge in [-0.15, -0.1) is 0 Å². The monoisotopic (exact) mass is 322 g/mol. The predicted octanol–water partition coefficient (Wildman–Crippen LogP) is 2.20. The van der Waals surface area contributed by atoms with Crippen molar-refractivity contribution in [3.05, 3.63) is 54.0 Å². The van der Waals surface area contributed by atoms with E-state index in [1.165, 1.54) is 6.20 Å². The molecule has 3 aromatic heterocycles. The minimum atomic E-state index is -0.0827. The molecular formula is C17H18N6O. The summed E-state index contributed by atoms with van der Waals surface area (Å²) in [6.45, 7) is 2.72. The number of nitrogens with zero attached hydrogens (tertiary/aromatic N) is 6. The number of aromatic nitrogens is 5. The van der Waals surface area contributed by atoms with E-state index in [9.17, 15) is 4.79 Å². The van der Waals surface area contributed by atoms with Gasteiger partial charge in [0.2, 0.25) is 0 Å². The van der Waals surface area contributed by atoms with Crippen LogP contribution in [-0.4, -0.2) is 41.9 Å². The molecule has 1 saturated heterocycles. The van der Waals surface area contributed by atoms with Gasteiger partial charge < -0.3 is 4.90 Å². The average molecular weight is 322 g/mol. The van der Waals surface area contributed by atoms with Gasteiger partial charge in [-0.25, -0.2) is 14.5 Å². The first-order chi connectivity index (χ1) is 11.7. The number of hydrogen-bond acceptors (Lipinski definition) is 5. The number of aryl methyl sites for hydroxylation is 1. The van der Waals surface area contributed by atoms with Crippen molar-refractivity contribution in [3.63, 3.8) is 0 Å². The molecule has 0 aliphatic carbocycles. The molecule has 4 heterocycles. The molecule has 122 valence electrons. The molecule has 0 saturated carbocycles. The van der Waals surface area contributed by atoms with E-state index in [2.05, 4.69) is 15.1 Å². The van der Waals surface area contributed by atoms with E-state index in [1.807, 2.05) is 24.0 Å². The van der Waals surface area contributed by atoms with Crippen LogP contribution in [0.3, 0.4) is 0 Å². The second-order valence-corrected chi connectivity index (χ2v) is 6.02. The third kappa shape index (κ3) is 2.51. The summed E-state index contributed by atoms with van der Waals surface area (Å²) in [7, 11) is 0. The highest BCUT2D eigenvalue weighted by Gasteiger charge is 2.30. The maximum atomic E-state index is 12.9. The molecular weight excluding hydrogens is 304 g/mol. The molecule has 7 nitrogen and oxygen atoms in total. The number of likely N-dealkylation sites (tertiary alicyclic amines) is 1. The number of carbonyl (C=O) groups excluding carboxylic acids is 1. The van der Waals surface area contributed by atoms with Crippen molar-refractivity contribution in [2.75, 3.05) is 6.54 Å². The summed E-state index contributed by atoms with van der Waals surface area (Å²) in [5, 5.41) is 4.26. The summed E-state index contributed by atoms with van der Waals surface area (Å²) >= 11 is 0. The fourth-order valence-corrected chi connectivity index (χ4v) is 3.30. The Labute approximate surface area is 139 Å². The first-order valence-electron chi connectivity index (χ1n) is 8.12. The number of amides is 1. The lowest BCUT2D eigenvalue weighted by Crippen LogP contribution is -2.39. The van der Waals surface area contributed by atoms with Crippen molar-refractivity contribution in [3.8, 4) is 0 Å². The van der Waals surface area contributed by atoms with Gasteiger partial charge in [-0.3, -0.25) is 9.78 Å². The Morgan fingerprint density at radius 3 is 3.00 bits per heavy atom. The van der Waals surface area contributed by atoms with E-state index in [0.29, 0.717) is 12.2 Å². The van der Waals surface area contributed by atoms with E-state index >= 15 is 0 Å². The number of hydrogen-bond donors (Lipinski definition) is 0. The van der Waals surface area contributed by atoms with Crippen LogP contribution >= 0.6 is 0 Å². The lowest BCUT2D eigenvalue weighted by Gasteiger charge is -2.35. The molecule has 0 bridgehead atoms. The van der Waals surface area contributed by atoms with Gasteiger partial charge in [-0.2, -0.15) is 5.10 Å². The molecule has 4 rings (SSSR count). The van der Waals surface area contributed by atoms with Gasteiger partial charge in [0.25, 0.3) is 5.91 Å². The summed E-state index contributed by atoms with van der Waals surface area (Å²) in [5.41, 5.74) is 3.11. The van der Waals surface area contributed by atoms with Crippen LogP contribution in [0.4, 0.5) is 0 Å². The van der Waals surface area contributed by atoms with Gasteiger partial charge in [-0.1, -0.05) is 0 Å². The van der Waals surface area contributed by atoms with Crippen molar-refractivity contribution < 1.29 is 4.79 Å². The van der Waals surface area contributed by atoms with Crippen LogP contribution < -0.4 is 0 Å². The van der Waals surface area contributed by atoms with Crippen molar-refractivity contribution >= 4 is 11.6 Å². The summed E-state index contributed by atoms with van der Waals surface area (Å²) in [6, 6.07) is 3.87. The van der Waals surface area contributed by atoms with Gasteiger partial charge in [0, 0.05) is 30.7 Å². The van der Waals surface area contributed by atoms with Gasteiger partial charge in [0.1, 0.15) is 5.69 Å². The van der Waals surface area contributed by atoms with Crippen molar-refractivity contribution in [2.45, 2.75) is 32.2 Å². The van der Waals surface area contributed by atoms with Crippen molar-refractivity contribution in [2.24, 2.45) is 0 Å². The second kappa shape index (κ2) is 5.99. The molecule has 0 N–H and O–H groups in total. The smallest absolute Gasteiger partial charge is 0.274 e. The Kier molecular flexibility index (Phi) is 3.68. The van der Waals surface area contributed by atoms with Crippen molar-refractivity contribution in [1.82, 2.24) is 29.5 Å². The molecule has 1 aliphatic heterocycles. The maximum absolute atomic E-state index is 12.9. The minimum Gasteiger partial charge on any atom is -0.329 e. The molecule has 1 fully saturated rings. The zero-order valence-corrected chi connectivity index (χ0v) is 13.5. The molecule has 24 heavy (non-hydrogen) atoms. The summed E-state index contributed by atoms with van der Waals surface area (Å²) in [6.07, 6.45) is 9.37. The Hall–Kier alpha value is -2.83. The zero-order valence-electron chi connectivity index (χ0n) is 13.5. The highest BCUT2D eigenvalue weighted by Crippen LogP contribution is 2.31. The fraction of sp³-hybridized carbons (Fsp3) is 0.353. The Balaban J connectivity index is 1.72. The van der Waals surface area contributed by atoms with Crippen molar-refractivity contribution in [1.29, 1.82) is 0 Å². The summed E-state index contributed by atoms with van der Waals surface area (Å²) in [5.74, 6) is -0.0827. The topological polar surface area (TPSA) is 76.3 Å². The SMILES string of the molecule is Cc1cc([C@H]2CCCCN2C(=O)c2cnccn2)nc2ccnn12. The first kappa shape index (κ1) is 14.7. The lowest BCUT2D eigenvalue weighted by atomic mass is 9.98. The fourth-order valence-electron chi connectivity index (χ4n) is 3.30. The van der Waals surface area contributed by atoms with Crippen LogP contribution in [0.5, 0.6) is 0 Å². The summed E-state index contributed by atoms with van der Waals surface area (Å²) < 4.78 is 1.81. The molecule has 1 amide bonds. The van der Waals surface area contributed by atoms with Crippen LogP contribution in [0, 0.1) is 6.92 Å². The molecule has 3 aromatic rings. The second-order valence-electron chi connectivity index (χ2n) is 6.02. The van der Waals surface area contributed by atoms with E-state index in [1.54, 1.807) is 23.1 Å². The van der Waals surface area contributed by atoms with E-state index in [-0.39, 0.29) is 11.9 Å². The lowest BCUT2D eigenvalue weighted by molar-refractivity contribution is 0.0599. The van der Waals surface area contributed by atoms with E-state index in [0.717, 1.165) is 36.3 Å². The van der Waals surface area contributed by atoms with E-state index in [4.69, 9.17) is 4.98 Å². The third-order valence-electron chi connectivity index (χ3n) is 4.44. The molecule has 1 aliphatic rings. The molecule has 0 radical (unpaired) electrons. The van der Waals surface area contributed by atoms with Gasteiger partial charge in [0.15, 0.2) is 5.65 Å². The molecule has 0 aromatic carbocycles. The minimum absolute atomic E-state index is 0.0353. The van der Waals surface area contributed by atoms with Gasteiger partial charge >= 0.3 is 0 Å². The van der Waals surface area contributed by atoms with Crippen LogP contribution in [0.2, 0.25) is 0 Å². The third-order valence-corrected chi connectivity index (χ3v) is 4.44. The van der Waals surface area contributed by atoms with Crippen LogP contribution in [0.1, 0.15) is 47.2 Å². The Morgan fingerprint density at radius 1 is 1.25 bits per heavy atom. The number of piperidine rings is 1.